The first-order chi connectivity index (χ1) is 10.7. The van der Waals surface area contributed by atoms with Crippen LogP contribution in [0.25, 0.3) is 10.8 Å². The average molecular weight is 291 g/mol. The normalized spacial score (nSPS) is 11.9. The molecule has 0 radical (unpaired) electrons. The lowest BCUT2D eigenvalue weighted by Gasteiger charge is -2.14. The summed E-state index contributed by atoms with van der Waals surface area (Å²) in [5, 5.41) is 4.82. The maximum atomic E-state index is 12.1. The quantitative estimate of drug-likeness (QED) is 0.760. The minimum atomic E-state index is -0.451. The van der Waals surface area contributed by atoms with Crippen LogP contribution in [0.15, 0.2) is 72.8 Å². The number of ether oxygens (including phenoxy) is 1. The van der Waals surface area contributed by atoms with Gasteiger partial charge in [-0.2, -0.15) is 0 Å². The lowest BCUT2D eigenvalue weighted by Crippen LogP contribution is -2.29. The highest BCUT2D eigenvalue weighted by atomic mass is 16.6. The molecule has 22 heavy (non-hydrogen) atoms. The van der Waals surface area contributed by atoms with Gasteiger partial charge in [0.05, 0.1) is 6.04 Å². The third kappa shape index (κ3) is 3.09. The summed E-state index contributed by atoms with van der Waals surface area (Å²) in [5.74, 6) is 0.566. The zero-order valence-electron chi connectivity index (χ0n) is 12.3. The van der Waals surface area contributed by atoms with E-state index in [1.165, 1.54) is 0 Å². The zero-order chi connectivity index (χ0) is 15.4. The molecular weight excluding hydrogens is 274 g/mol. The van der Waals surface area contributed by atoms with E-state index >= 15 is 0 Å². The molecule has 0 aliphatic carbocycles. The zero-order valence-corrected chi connectivity index (χ0v) is 12.3. The van der Waals surface area contributed by atoms with Gasteiger partial charge in [0.25, 0.3) is 0 Å². The molecule has 1 atom stereocenters. The summed E-state index contributed by atoms with van der Waals surface area (Å²) in [6.07, 6.45) is -0.451. The predicted molar refractivity (Wildman–Crippen MR) is 88.0 cm³/mol. The summed E-state index contributed by atoms with van der Waals surface area (Å²) in [6, 6.07) is 23.2. The third-order valence-electron chi connectivity index (χ3n) is 3.59. The van der Waals surface area contributed by atoms with Crippen molar-refractivity contribution in [3.8, 4) is 5.75 Å². The van der Waals surface area contributed by atoms with E-state index in [4.69, 9.17) is 4.74 Å². The first kappa shape index (κ1) is 14.1. The van der Waals surface area contributed by atoms with E-state index in [9.17, 15) is 4.79 Å². The first-order valence-corrected chi connectivity index (χ1v) is 7.25. The van der Waals surface area contributed by atoms with Gasteiger partial charge in [-0.15, -0.1) is 0 Å². The number of rotatable bonds is 3. The number of benzene rings is 3. The summed E-state index contributed by atoms with van der Waals surface area (Å²) in [5.41, 5.74) is 1.04. The summed E-state index contributed by atoms with van der Waals surface area (Å²) in [7, 11) is 0. The fourth-order valence-corrected chi connectivity index (χ4v) is 2.42. The van der Waals surface area contributed by atoms with E-state index in [2.05, 4.69) is 5.32 Å². The van der Waals surface area contributed by atoms with Gasteiger partial charge in [-0.3, -0.25) is 0 Å². The molecule has 0 saturated carbocycles. The maximum Gasteiger partial charge on any atom is 0.413 e. The van der Waals surface area contributed by atoms with Crippen LogP contribution in [-0.4, -0.2) is 6.09 Å². The van der Waals surface area contributed by atoms with Crippen LogP contribution in [0, 0.1) is 0 Å². The van der Waals surface area contributed by atoms with Crippen molar-refractivity contribution in [1.29, 1.82) is 0 Å². The van der Waals surface area contributed by atoms with Gasteiger partial charge in [0, 0.05) is 5.39 Å². The van der Waals surface area contributed by atoms with Crippen LogP contribution in [-0.2, 0) is 0 Å². The summed E-state index contributed by atoms with van der Waals surface area (Å²) in [6.45, 7) is 1.93. The second-order valence-corrected chi connectivity index (χ2v) is 5.14. The first-order valence-electron chi connectivity index (χ1n) is 7.25. The Morgan fingerprint density at radius 3 is 2.41 bits per heavy atom. The van der Waals surface area contributed by atoms with Crippen molar-refractivity contribution in [3.63, 3.8) is 0 Å². The summed E-state index contributed by atoms with van der Waals surface area (Å²) < 4.78 is 5.47. The SMILES string of the molecule is C[C@@H](NC(=O)Oc1cccc2ccccc12)c1ccccc1. The molecule has 0 unspecified atom stereocenters. The third-order valence-corrected chi connectivity index (χ3v) is 3.59. The fraction of sp³-hybridized carbons (Fsp3) is 0.105. The van der Waals surface area contributed by atoms with E-state index in [1.54, 1.807) is 6.07 Å². The average Bonchev–Trinajstić information content (AvgIpc) is 2.56. The highest BCUT2D eigenvalue weighted by Crippen LogP contribution is 2.25. The number of hydrogen-bond acceptors (Lipinski definition) is 2. The molecule has 0 aliphatic heterocycles. The van der Waals surface area contributed by atoms with Gasteiger partial charge in [0.1, 0.15) is 5.75 Å². The second-order valence-electron chi connectivity index (χ2n) is 5.14. The molecule has 3 rings (SSSR count). The summed E-state index contributed by atoms with van der Waals surface area (Å²) >= 11 is 0. The van der Waals surface area contributed by atoms with Gasteiger partial charge >= 0.3 is 6.09 Å². The Morgan fingerprint density at radius 2 is 1.59 bits per heavy atom. The molecule has 1 N–H and O–H groups in total. The number of carbonyl (C=O) groups excluding carboxylic acids is 1. The Balaban J connectivity index is 1.74. The minimum Gasteiger partial charge on any atom is -0.410 e. The van der Waals surface area contributed by atoms with Gasteiger partial charge < -0.3 is 10.1 Å². The Hall–Kier alpha value is -2.81. The van der Waals surface area contributed by atoms with E-state index in [1.807, 2.05) is 73.7 Å². The number of carbonyl (C=O) groups is 1. The minimum absolute atomic E-state index is 0.108. The van der Waals surface area contributed by atoms with Gasteiger partial charge in [-0.05, 0) is 23.9 Å². The molecule has 0 bridgehead atoms. The fourth-order valence-electron chi connectivity index (χ4n) is 2.42. The highest BCUT2D eigenvalue weighted by molar-refractivity contribution is 5.90. The van der Waals surface area contributed by atoms with Crippen molar-refractivity contribution in [1.82, 2.24) is 5.32 Å². The molecule has 0 aliphatic rings. The number of fused-ring (bicyclic) bond motifs is 1. The topological polar surface area (TPSA) is 38.3 Å². The van der Waals surface area contributed by atoms with Gasteiger partial charge in [0.15, 0.2) is 0 Å². The number of nitrogens with one attached hydrogen (secondary N) is 1. The Bertz CT molecular complexity index is 778. The van der Waals surface area contributed by atoms with Crippen molar-refractivity contribution in [2.75, 3.05) is 0 Å². The van der Waals surface area contributed by atoms with E-state index in [0.29, 0.717) is 5.75 Å². The van der Waals surface area contributed by atoms with Gasteiger partial charge in [-0.25, -0.2) is 4.79 Å². The van der Waals surface area contributed by atoms with Crippen molar-refractivity contribution in [2.24, 2.45) is 0 Å². The Labute approximate surface area is 129 Å². The van der Waals surface area contributed by atoms with Crippen molar-refractivity contribution < 1.29 is 9.53 Å². The molecular formula is C19H17NO2. The molecule has 0 heterocycles. The van der Waals surface area contributed by atoms with Gasteiger partial charge in [0.2, 0.25) is 0 Å². The molecule has 0 saturated heterocycles. The molecule has 3 heteroatoms. The predicted octanol–water partition coefficient (Wildman–Crippen LogP) is 4.69. The molecule has 3 nitrogen and oxygen atoms in total. The van der Waals surface area contributed by atoms with E-state index in [0.717, 1.165) is 16.3 Å². The van der Waals surface area contributed by atoms with Crippen molar-refractivity contribution >= 4 is 16.9 Å². The molecule has 3 aromatic rings. The number of hydrogen-bond donors (Lipinski definition) is 1. The van der Waals surface area contributed by atoms with Crippen LogP contribution in [0.1, 0.15) is 18.5 Å². The van der Waals surface area contributed by atoms with Crippen LogP contribution in [0.2, 0.25) is 0 Å². The van der Waals surface area contributed by atoms with Crippen LogP contribution < -0.4 is 10.1 Å². The van der Waals surface area contributed by atoms with Crippen molar-refractivity contribution in [2.45, 2.75) is 13.0 Å². The van der Waals surface area contributed by atoms with Crippen LogP contribution in [0.5, 0.6) is 5.75 Å². The molecule has 0 fully saturated rings. The molecule has 0 spiro atoms. The Kier molecular flexibility index (Phi) is 4.05. The monoisotopic (exact) mass is 291 g/mol. The van der Waals surface area contributed by atoms with Gasteiger partial charge in [-0.1, -0.05) is 66.7 Å². The standard InChI is InChI=1S/C19H17NO2/c1-14(15-8-3-2-4-9-15)20-19(21)22-18-13-7-11-16-10-5-6-12-17(16)18/h2-14H,1H3,(H,20,21)/t14-/m1/s1. The smallest absolute Gasteiger partial charge is 0.410 e. The van der Waals surface area contributed by atoms with Crippen LogP contribution in [0.3, 0.4) is 0 Å². The van der Waals surface area contributed by atoms with E-state index < -0.39 is 6.09 Å². The van der Waals surface area contributed by atoms with Crippen LogP contribution >= 0.6 is 0 Å². The number of amides is 1. The largest absolute Gasteiger partial charge is 0.413 e. The Morgan fingerprint density at radius 1 is 0.909 bits per heavy atom. The molecule has 3 aromatic carbocycles. The summed E-state index contributed by atoms with van der Waals surface area (Å²) in [4.78, 5) is 12.1. The van der Waals surface area contributed by atoms with Crippen molar-refractivity contribution in [3.05, 3.63) is 78.4 Å². The maximum absolute atomic E-state index is 12.1. The lowest BCUT2D eigenvalue weighted by molar-refractivity contribution is 0.197. The lowest BCUT2D eigenvalue weighted by atomic mass is 10.1. The molecule has 110 valence electrons. The molecule has 0 aromatic heterocycles. The molecule has 1 amide bonds. The van der Waals surface area contributed by atoms with Crippen LogP contribution in [0.4, 0.5) is 4.79 Å². The second kappa shape index (κ2) is 6.31. The van der Waals surface area contributed by atoms with E-state index in [-0.39, 0.29) is 6.04 Å². The highest BCUT2D eigenvalue weighted by Gasteiger charge is 2.12.